The van der Waals surface area contributed by atoms with Crippen LogP contribution in [0, 0.1) is 0 Å². The number of aliphatic hydroxyl groups excluding tert-OH is 19. The van der Waals surface area contributed by atoms with Crippen molar-refractivity contribution in [3.05, 3.63) is 0 Å². The van der Waals surface area contributed by atoms with E-state index < -0.39 is 272 Å². The van der Waals surface area contributed by atoms with Crippen molar-refractivity contribution in [2.45, 2.75) is 236 Å². The van der Waals surface area contributed by atoms with Gasteiger partial charge in [-0.1, -0.05) is 0 Å². The molecule has 88 heavy (non-hydrogen) atoms. The van der Waals surface area contributed by atoms with Crippen molar-refractivity contribution in [1.29, 1.82) is 0 Å². The first kappa shape index (κ1) is 72.5. The second kappa shape index (κ2) is 31.8. The number of carbonyl (C=O) groups is 3. The van der Waals surface area contributed by atoms with Gasteiger partial charge in [-0.2, -0.15) is 0 Å². The fraction of sp³-hybridized carbons (Fsp3) is 0.939. The molecule has 0 aromatic carbocycles. The van der Waals surface area contributed by atoms with Crippen LogP contribution in [0.4, 0.5) is 0 Å². The second-order valence-electron chi connectivity index (χ2n) is 22.1. The van der Waals surface area contributed by atoms with Crippen LogP contribution in [0.3, 0.4) is 0 Å². The zero-order valence-corrected chi connectivity index (χ0v) is 47.6. The molecule has 7 heterocycles. The summed E-state index contributed by atoms with van der Waals surface area (Å²) < 4.78 is 81.4. The van der Waals surface area contributed by atoms with Gasteiger partial charge in [0.2, 0.25) is 17.7 Å². The fourth-order valence-corrected chi connectivity index (χ4v) is 11.2. The Kier molecular flexibility index (Phi) is 26.2. The monoisotopic (exact) mass is 1290 g/mol. The van der Waals surface area contributed by atoms with E-state index in [0.29, 0.717) is 0 Å². The first-order chi connectivity index (χ1) is 41.6. The molecule has 510 valence electrons. The van der Waals surface area contributed by atoms with Crippen molar-refractivity contribution >= 4 is 17.7 Å². The van der Waals surface area contributed by atoms with E-state index in [4.69, 9.17) is 66.3 Å². The molecule has 39 nitrogen and oxygen atoms in total. The Labute approximate surface area is 499 Å². The molecule has 7 aliphatic rings. The van der Waals surface area contributed by atoms with Gasteiger partial charge in [-0.25, -0.2) is 0 Å². The van der Waals surface area contributed by atoms with Crippen LogP contribution in [0.2, 0.25) is 0 Å². The van der Waals surface area contributed by atoms with Crippen molar-refractivity contribution in [2.24, 2.45) is 0 Å². The first-order valence-electron chi connectivity index (χ1n) is 28.0. The van der Waals surface area contributed by atoms with Crippen molar-refractivity contribution in [1.82, 2.24) is 16.0 Å². The van der Waals surface area contributed by atoms with Gasteiger partial charge in [0.1, 0.15) is 171 Å². The quantitative estimate of drug-likeness (QED) is 0.0452. The molecule has 7 fully saturated rings. The van der Waals surface area contributed by atoms with Crippen molar-refractivity contribution in [3.8, 4) is 0 Å². The average Bonchev–Trinajstić information content (AvgIpc) is 2.13. The van der Waals surface area contributed by atoms with Crippen LogP contribution in [0.1, 0.15) is 20.8 Å². The molecule has 0 aliphatic carbocycles. The topological polar surface area (TPSA) is 601 Å². The van der Waals surface area contributed by atoms with Gasteiger partial charge in [-0.05, 0) is 0 Å². The number of methoxy groups -OCH3 is 1. The standard InChI is InChI=1S/C49H83N3O36/c1-12(58)50-22-31(67)38(18(8-56)77-43(22)74)85-47-37(73)40(86-49-42(35(71)27(63)17(7-55)80-49)88-44-23(51-13(2)59)30(66)25(61)15(5-53)78-44)29(65)21(83-47)11-76-48-41(34(70)26(62)16(6-54)79-48)87-45-24(52-14(3)60)32(68)39(19(9-57)81-45)84-46-36(72)33(69)28(64)20(82-46)10-75-4/h15-49,53-57,61-74H,5-11H2,1-4H3,(H,50,58)(H,51,59)(H,52,60)/t15-,16-,17-,18-,19-,20-,21-,22-,23-,24-,25-,26-,27-,28+,29-,30-,31-,32-,33+,34+,35+,36-,37+,38-,39-,40+,41+,42+,43-,44+,45+,46+,47+,48+,49-/m1/s1. The first-order valence-corrected chi connectivity index (χ1v) is 28.0. The Morgan fingerprint density at radius 2 is 0.670 bits per heavy atom. The van der Waals surface area contributed by atoms with Gasteiger partial charge < -0.3 is 179 Å². The molecule has 7 aliphatic heterocycles. The predicted octanol–water partition coefficient (Wildman–Crippen LogP) is -15.2. The summed E-state index contributed by atoms with van der Waals surface area (Å²) in [5, 5.41) is 216. The summed E-state index contributed by atoms with van der Waals surface area (Å²) in [7, 11) is 1.25. The van der Waals surface area contributed by atoms with E-state index >= 15 is 0 Å². The zero-order valence-electron chi connectivity index (χ0n) is 47.6. The third kappa shape index (κ3) is 16.0. The Morgan fingerprint density at radius 3 is 1.16 bits per heavy atom. The summed E-state index contributed by atoms with van der Waals surface area (Å²) in [6.07, 6.45) is -62.8. The fourth-order valence-electron chi connectivity index (χ4n) is 11.2. The Balaban J connectivity index is 1.20. The van der Waals surface area contributed by atoms with E-state index in [2.05, 4.69) is 16.0 Å². The Hall–Kier alpha value is -2.91. The van der Waals surface area contributed by atoms with Crippen LogP contribution < -0.4 is 16.0 Å². The van der Waals surface area contributed by atoms with Crippen molar-refractivity contribution in [2.75, 3.05) is 53.4 Å². The van der Waals surface area contributed by atoms with Gasteiger partial charge in [0.15, 0.2) is 44.0 Å². The summed E-state index contributed by atoms with van der Waals surface area (Å²) in [6.45, 7) is -3.45. The Morgan fingerprint density at radius 1 is 0.318 bits per heavy atom. The maximum absolute atomic E-state index is 12.7. The summed E-state index contributed by atoms with van der Waals surface area (Å²) in [6, 6.07) is -5.18. The van der Waals surface area contributed by atoms with Gasteiger partial charge >= 0.3 is 0 Å². The van der Waals surface area contributed by atoms with Crippen molar-refractivity contribution < 1.29 is 178 Å². The summed E-state index contributed by atoms with van der Waals surface area (Å²) >= 11 is 0. The number of ether oxygens (including phenoxy) is 14. The number of hydrogen-bond donors (Lipinski definition) is 22. The van der Waals surface area contributed by atoms with E-state index in [-0.39, 0.29) is 6.61 Å². The van der Waals surface area contributed by atoms with Gasteiger partial charge in [-0.15, -0.1) is 0 Å². The predicted molar refractivity (Wildman–Crippen MR) is 271 cm³/mol. The smallest absolute Gasteiger partial charge is 0.217 e. The molecule has 22 N–H and O–H groups in total. The molecule has 0 radical (unpaired) electrons. The van der Waals surface area contributed by atoms with Crippen LogP contribution in [0.5, 0.6) is 0 Å². The Bertz CT molecular complexity index is 2210. The number of rotatable bonds is 23. The molecule has 0 spiro atoms. The van der Waals surface area contributed by atoms with Crippen LogP contribution in [-0.4, -0.2) is 383 Å². The van der Waals surface area contributed by atoms with E-state index in [1.54, 1.807) is 0 Å². The van der Waals surface area contributed by atoms with Gasteiger partial charge in [0.05, 0.1) is 46.2 Å². The molecule has 0 unspecified atom stereocenters. The SMILES string of the molecule is COC[C@H]1O[C@@H](O[C@H]2[C@H](O)[C@@H](NC(C)=O)[C@H](O[C@@H]3[C@@H](OC[C@H]4O[C@@H](O[C@H]5[C@H](O)[C@@H](NC(C)=O)[C@H](O)O[C@@H]5CO)[C@@H](O)[C@@H](O[C@H]5O[C@H](CO)[C@@H](O)[C@H](O)[C@@H]5O[C@@H]5O[C@H](CO)[C@@H](O)[C@H](O)[C@H]5NC(C)=O)[C@@H]4O)O[C@H](CO)[C@@H](O)[C@@H]3O)O[C@@H]2CO)[C@H](O)[C@@H](O)[C@H]1O. The highest BCUT2D eigenvalue weighted by Crippen LogP contribution is 2.38. The van der Waals surface area contributed by atoms with Gasteiger partial charge in [0, 0.05) is 27.9 Å². The summed E-state index contributed by atoms with van der Waals surface area (Å²) in [5.41, 5.74) is 0. The minimum absolute atomic E-state index is 0.322. The highest BCUT2D eigenvalue weighted by atomic mass is 16.8. The van der Waals surface area contributed by atoms with E-state index in [0.717, 1.165) is 20.8 Å². The molecule has 0 saturated carbocycles. The number of nitrogens with one attached hydrogen (secondary N) is 3. The highest BCUT2D eigenvalue weighted by molar-refractivity contribution is 5.74. The zero-order chi connectivity index (χ0) is 64.9. The largest absolute Gasteiger partial charge is 0.394 e. The van der Waals surface area contributed by atoms with Gasteiger partial charge in [-0.3, -0.25) is 14.4 Å². The maximum atomic E-state index is 12.7. The van der Waals surface area contributed by atoms with Crippen molar-refractivity contribution in [3.63, 3.8) is 0 Å². The summed E-state index contributed by atoms with van der Waals surface area (Å²) in [4.78, 5) is 37.2. The minimum Gasteiger partial charge on any atom is -0.394 e. The van der Waals surface area contributed by atoms with Crippen LogP contribution in [-0.2, 0) is 80.7 Å². The molecular formula is C49H83N3O36. The van der Waals surface area contributed by atoms with Crippen LogP contribution in [0.25, 0.3) is 0 Å². The van der Waals surface area contributed by atoms with Gasteiger partial charge in [0.25, 0.3) is 0 Å². The van der Waals surface area contributed by atoms with Crippen LogP contribution in [0.15, 0.2) is 0 Å². The third-order valence-corrected chi connectivity index (χ3v) is 15.9. The third-order valence-electron chi connectivity index (χ3n) is 15.9. The highest BCUT2D eigenvalue weighted by Gasteiger charge is 2.59. The molecule has 7 rings (SSSR count). The molecule has 0 aromatic rings. The molecule has 7 saturated heterocycles. The molecule has 0 aromatic heterocycles. The minimum atomic E-state index is -2.37. The number of aliphatic hydroxyl groups is 19. The molecule has 39 heteroatoms. The number of carbonyl (C=O) groups excluding carboxylic acids is 3. The number of hydrogen-bond acceptors (Lipinski definition) is 36. The van der Waals surface area contributed by atoms with E-state index in [1.807, 2.05) is 0 Å². The van der Waals surface area contributed by atoms with E-state index in [1.165, 1.54) is 7.11 Å². The average molecular weight is 1290 g/mol. The number of amides is 3. The summed E-state index contributed by atoms with van der Waals surface area (Å²) in [5.74, 6) is -2.47. The lowest BCUT2D eigenvalue weighted by atomic mass is 9.94. The molecule has 3 amide bonds. The second-order valence-corrected chi connectivity index (χ2v) is 22.1. The lowest BCUT2D eigenvalue weighted by Crippen LogP contribution is -2.70. The lowest BCUT2D eigenvalue weighted by molar-refractivity contribution is -0.395. The maximum Gasteiger partial charge on any atom is 0.217 e. The molecule has 35 atom stereocenters. The van der Waals surface area contributed by atoms with E-state index in [9.17, 15) is 111 Å². The normalized spacial score (nSPS) is 48.5. The van der Waals surface area contributed by atoms with Crippen LogP contribution >= 0.6 is 0 Å². The lowest BCUT2D eigenvalue weighted by Gasteiger charge is -2.50. The molecular weight excluding hydrogens is 1210 g/mol. The molecule has 0 bridgehead atoms.